The molecular formula is C6H14BNO2. The average Bonchev–Trinajstić information content (AvgIpc) is 1.89. The summed E-state index contributed by atoms with van der Waals surface area (Å²) in [7, 11) is 2.04. The van der Waals surface area contributed by atoms with E-state index in [-0.39, 0.29) is 12.5 Å². The molecule has 0 heterocycles. The molecular weight excluding hydrogens is 129 g/mol. The van der Waals surface area contributed by atoms with Gasteiger partial charge in [0.2, 0.25) is 0 Å². The molecule has 3 nitrogen and oxygen atoms in total. The Hall–Kier alpha value is -0.505. The predicted molar refractivity (Wildman–Crippen MR) is 42.8 cm³/mol. The molecule has 1 atom stereocenters. The number of rotatable bonds is 5. The van der Waals surface area contributed by atoms with Crippen molar-refractivity contribution >= 4 is 13.8 Å². The zero-order chi connectivity index (χ0) is 7.98. The van der Waals surface area contributed by atoms with Crippen molar-refractivity contribution in [2.75, 3.05) is 6.54 Å². The molecule has 4 heteroatoms. The highest BCUT2D eigenvalue weighted by Gasteiger charge is 2.13. The first-order valence-electron chi connectivity index (χ1n) is 3.65. The molecule has 0 saturated heterocycles. The van der Waals surface area contributed by atoms with Gasteiger partial charge < -0.3 is 10.8 Å². The Morgan fingerprint density at radius 1 is 1.70 bits per heavy atom. The van der Waals surface area contributed by atoms with E-state index in [0.717, 1.165) is 12.7 Å². The zero-order valence-corrected chi connectivity index (χ0v) is 6.34. The summed E-state index contributed by atoms with van der Waals surface area (Å²) in [4.78, 5) is 10.4. The summed E-state index contributed by atoms with van der Waals surface area (Å²) in [6.45, 7) is 0.259. The van der Waals surface area contributed by atoms with Crippen LogP contribution in [0.5, 0.6) is 0 Å². The Morgan fingerprint density at radius 3 is 2.60 bits per heavy atom. The summed E-state index contributed by atoms with van der Waals surface area (Å²) in [5.74, 6) is -1.10. The summed E-state index contributed by atoms with van der Waals surface area (Å²) < 4.78 is 0. The molecule has 0 aromatic carbocycles. The highest BCUT2D eigenvalue weighted by Crippen LogP contribution is 2.05. The van der Waals surface area contributed by atoms with Crippen LogP contribution in [0, 0.1) is 5.92 Å². The fourth-order valence-corrected chi connectivity index (χ4v) is 0.793. The maximum absolute atomic E-state index is 10.4. The maximum atomic E-state index is 10.4. The molecule has 0 aromatic rings. The number of aliphatic carboxylic acids is 1. The molecule has 3 N–H and O–H groups in total. The largest absolute Gasteiger partial charge is 0.481 e. The Morgan fingerprint density at radius 2 is 2.30 bits per heavy atom. The topological polar surface area (TPSA) is 63.3 Å². The smallest absolute Gasteiger partial charge is 0.307 e. The molecule has 58 valence electrons. The van der Waals surface area contributed by atoms with E-state index in [1.54, 1.807) is 0 Å². The Bertz CT molecular complexity index is 108. The summed E-state index contributed by atoms with van der Waals surface area (Å²) in [6.07, 6.45) is 2.69. The number of hydrogen-bond acceptors (Lipinski definition) is 2. The fraction of sp³-hybridized carbons (Fsp3) is 0.833. The Kier molecular flexibility index (Phi) is 5.03. The molecule has 10 heavy (non-hydrogen) atoms. The van der Waals surface area contributed by atoms with E-state index in [2.05, 4.69) is 0 Å². The minimum atomic E-state index is -0.768. The standard InChI is InChI=1S/C6H14BNO2/c7-3-1-2-5(4-8)6(9)10/h5H,1-4,7-8H2,(H,9,10). The number of carboxylic acids is 1. The van der Waals surface area contributed by atoms with Crippen molar-refractivity contribution in [3.8, 4) is 0 Å². The molecule has 0 aliphatic carbocycles. The Balaban J connectivity index is 3.50. The van der Waals surface area contributed by atoms with Gasteiger partial charge in [-0.3, -0.25) is 4.79 Å². The van der Waals surface area contributed by atoms with Gasteiger partial charge in [0, 0.05) is 6.54 Å². The molecule has 0 aliphatic rings. The molecule has 0 aliphatic heterocycles. The van der Waals surface area contributed by atoms with E-state index in [1.807, 2.05) is 7.85 Å². The first-order valence-corrected chi connectivity index (χ1v) is 3.65. The number of carboxylic acid groups (broad SMARTS) is 1. The highest BCUT2D eigenvalue weighted by molar-refractivity contribution is 6.08. The van der Waals surface area contributed by atoms with Crippen LogP contribution in [0.4, 0.5) is 0 Å². The van der Waals surface area contributed by atoms with Crippen LogP contribution < -0.4 is 5.73 Å². The van der Waals surface area contributed by atoms with Gasteiger partial charge in [-0.15, -0.1) is 0 Å². The molecule has 0 fully saturated rings. The first-order chi connectivity index (χ1) is 4.72. The van der Waals surface area contributed by atoms with E-state index in [0.29, 0.717) is 6.42 Å². The van der Waals surface area contributed by atoms with Crippen molar-refractivity contribution in [2.24, 2.45) is 11.7 Å². The summed E-state index contributed by atoms with van der Waals surface area (Å²) in [5, 5.41) is 8.52. The molecule has 0 amide bonds. The van der Waals surface area contributed by atoms with Crippen molar-refractivity contribution in [3.63, 3.8) is 0 Å². The van der Waals surface area contributed by atoms with Crippen LogP contribution >= 0.6 is 0 Å². The fourth-order valence-electron chi connectivity index (χ4n) is 0.793. The third kappa shape index (κ3) is 3.51. The monoisotopic (exact) mass is 143 g/mol. The third-order valence-electron chi connectivity index (χ3n) is 1.54. The SMILES string of the molecule is BCCCC(CN)C(=O)O. The quantitative estimate of drug-likeness (QED) is 0.509. The van der Waals surface area contributed by atoms with Gasteiger partial charge in [-0.05, 0) is 6.42 Å². The van der Waals surface area contributed by atoms with E-state index in [1.165, 1.54) is 0 Å². The van der Waals surface area contributed by atoms with Crippen molar-refractivity contribution in [2.45, 2.75) is 19.2 Å². The van der Waals surface area contributed by atoms with Crippen LogP contribution in [0.25, 0.3) is 0 Å². The maximum Gasteiger partial charge on any atom is 0.307 e. The lowest BCUT2D eigenvalue weighted by Crippen LogP contribution is -2.22. The molecule has 0 rings (SSSR count). The molecule has 0 radical (unpaired) electrons. The first kappa shape index (κ1) is 9.49. The van der Waals surface area contributed by atoms with Gasteiger partial charge in [0.25, 0.3) is 0 Å². The number of carbonyl (C=O) groups is 1. The third-order valence-corrected chi connectivity index (χ3v) is 1.54. The lowest BCUT2D eigenvalue weighted by atomic mass is 9.95. The predicted octanol–water partition coefficient (Wildman–Crippen LogP) is -0.522. The van der Waals surface area contributed by atoms with Crippen molar-refractivity contribution in [1.82, 2.24) is 0 Å². The van der Waals surface area contributed by atoms with Crippen molar-refractivity contribution < 1.29 is 9.90 Å². The lowest BCUT2D eigenvalue weighted by molar-refractivity contribution is -0.141. The van der Waals surface area contributed by atoms with Crippen LogP contribution in [-0.4, -0.2) is 25.5 Å². The minimum Gasteiger partial charge on any atom is -0.481 e. The molecule has 0 bridgehead atoms. The molecule has 1 unspecified atom stereocenters. The van der Waals surface area contributed by atoms with Gasteiger partial charge in [-0.25, -0.2) is 0 Å². The average molecular weight is 143 g/mol. The van der Waals surface area contributed by atoms with Gasteiger partial charge in [0.15, 0.2) is 0 Å². The summed E-state index contributed by atoms with van der Waals surface area (Å²) in [6, 6.07) is 0. The second-order valence-corrected chi connectivity index (χ2v) is 2.41. The van der Waals surface area contributed by atoms with Gasteiger partial charge in [0.05, 0.1) is 5.92 Å². The second kappa shape index (κ2) is 5.29. The Labute approximate surface area is 62.0 Å². The van der Waals surface area contributed by atoms with Gasteiger partial charge in [-0.1, -0.05) is 12.7 Å². The van der Waals surface area contributed by atoms with E-state index in [9.17, 15) is 4.79 Å². The molecule has 0 spiro atoms. The van der Waals surface area contributed by atoms with Gasteiger partial charge in [-0.2, -0.15) is 0 Å². The normalized spacial score (nSPS) is 12.9. The summed E-state index contributed by atoms with van der Waals surface area (Å²) in [5.41, 5.74) is 5.23. The van der Waals surface area contributed by atoms with Crippen LogP contribution in [0.2, 0.25) is 6.32 Å². The highest BCUT2D eigenvalue weighted by atomic mass is 16.4. The van der Waals surface area contributed by atoms with E-state index < -0.39 is 5.97 Å². The van der Waals surface area contributed by atoms with Crippen LogP contribution in [0.1, 0.15) is 12.8 Å². The van der Waals surface area contributed by atoms with Gasteiger partial charge in [0.1, 0.15) is 7.85 Å². The summed E-state index contributed by atoms with van der Waals surface area (Å²) >= 11 is 0. The number of hydrogen-bond donors (Lipinski definition) is 2. The molecule has 0 saturated carbocycles. The van der Waals surface area contributed by atoms with Crippen LogP contribution in [0.3, 0.4) is 0 Å². The van der Waals surface area contributed by atoms with Gasteiger partial charge >= 0.3 is 5.97 Å². The van der Waals surface area contributed by atoms with Crippen LogP contribution in [-0.2, 0) is 4.79 Å². The zero-order valence-electron chi connectivity index (χ0n) is 6.34. The van der Waals surface area contributed by atoms with Crippen molar-refractivity contribution in [1.29, 1.82) is 0 Å². The van der Waals surface area contributed by atoms with E-state index >= 15 is 0 Å². The lowest BCUT2D eigenvalue weighted by Gasteiger charge is -2.06. The van der Waals surface area contributed by atoms with E-state index in [4.69, 9.17) is 10.8 Å². The number of nitrogens with two attached hydrogens (primary N) is 1. The van der Waals surface area contributed by atoms with Crippen molar-refractivity contribution in [3.05, 3.63) is 0 Å². The molecule has 0 aromatic heterocycles. The van der Waals surface area contributed by atoms with Crippen LogP contribution in [0.15, 0.2) is 0 Å². The minimum absolute atomic E-state index is 0.259. The second-order valence-electron chi connectivity index (χ2n) is 2.41.